The van der Waals surface area contributed by atoms with Gasteiger partial charge in [0.2, 0.25) is 5.91 Å². The van der Waals surface area contributed by atoms with Crippen LogP contribution in [0.2, 0.25) is 0 Å². The van der Waals surface area contributed by atoms with Gasteiger partial charge in [0.15, 0.2) is 5.16 Å². The van der Waals surface area contributed by atoms with Crippen LogP contribution in [0.25, 0.3) is 0 Å². The second kappa shape index (κ2) is 8.16. The molecule has 3 rings (SSSR count). The molecule has 1 aromatic heterocycles. The largest absolute Gasteiger partial charge is 0.497 e. The number of ether oxygens (including phenoxy) is 1. The first-order chi connectivity index (χ1) is 12.9. The van der Waals surface area contributed by atoms with Crippen molar-refractivity contribution in [2.45, 2.75) is 36.8 Å². The second-order valence-electron chi connectivity index (χ2n) is 6.11. The van der Waals surface area contributed by atoms with Crippen LogP contribution in [0.5, 0.6) is 5.75 Å². The average Bonchev–Trinajstić information content (AvgIpc) is 3.49. The minimum atomic E-state index is -4.53. The maximum absolute atomic E-state index is 12.7. The van der Waals surface area contributed by atoms with Crippen LogP contribution in [0.15, 0.2) is 41.7 Å². The highest BCUT2D eigenvalue weighted by atomic mass is 32.2. The highest BCUT2D eigenvalue weighted by molar-refractivity contribution is 7.99. The normalized spacial score (nSPS) is 14.1. The van der Waals surface area contributed by atoms with Gasteiger partial charge in [-0.25, -0.2) is 9.97 Å². The molecule has 1 amide bonds. The summed E-state index contributed by atoms with van der Waals surface area (Å²) in [6, 6.07) is 8.44. The number of amides is 1. The summed E-state index contributed by atoms with van der Waals surface area (Å²) >= 11 is 0.916. The summed E-state index contributed by atoms with van der Waals surface area (Å²) in [5.41, 5.74) is -0.0406. The smallest absolute Gasteiger partial charge is 0.433 e. The van der Waals surface area contributed by atoms with Crippen LogP contribution in [0.3, 0.4) is 0 Å². The number of nitrogens with zero attached hydrogens (tertiary/aromatic N) is 3. The van der Waals surface area contributed by atoms with Gasteiger partial charge in [-0.1, -0.05) is 23.9 Å². The lowest BCUT2D eigenvalue weighted by Gasteiger charge is -2.22. The molecule has 1 aromatic carbocycles. The third kappa shape index (κ3) is 5.35. The first-order valence-corrected chi connectivity index (χ1v) is 9.31. The molecule has 0 radical (unpaired) electrons. The van der Waals surface area contributed by atoms with E-state index >= 15 is 0 Å². The molecule has 0 spiro atoms. The van der Waals surface area contributed by atoms with Crippen molar-refractivity contribution in [3.8, 4) is 5.75 Å². The molecule has 1 fully saturated rings. The summed E-state index contributed by atoms with van der Waals surface area (Å²) in [6.45, 7) is 0.456. The van der Waals surface area contributed by atoms with E-state index in [4.69, 9.17) is 4.74 Å². The van der Waals surface area contributed by atoms with Gasteiger partial charge in [0.25, 0.3) is 0 Å². The molecule has 0 N–H and O–H groups in total. The van der Waals surface area contributed by atoms with Gasteiger partial charge >= 0.3 is 6.18 Å². The monoisotopic (exact) mass is 397 g/mol. The Morgan fingerprint density at radius 1 is 1.26 bits per heavy atom. The summed E-state index contributed by atoms with van der Waals surface area (Å²) in [6.07, 6.45) is -1.60. The van der Waals surface area contributed by atoms with E-state index in [2.05, 4.69) is 9.97 Å². The van der Waals surface area contributed by atoms with Crippen molar-refractivity contribution in [2.75, 3.05) is 12.9 Å². The Hall–Kier alpha value is -2.29. The number of hydrogen-bond donors (Lipinski definition) is 0. The van der Waals surface area contributed by atoms with Crippen LogP contribution in [0.4, 0.5) is 13.2 Å². The predicted molar refractivity (Wildman–Crippen MR) is 94.3 cm³/mol. The molecule has 27 heavy (non-hydrogen) atoms. The van der Waals surface area contributed by atoms with Crippen molar-refractivity contribution in [3.05, 3.63) is 47.8 Å². The van der Waals surface area contributed by atoms with Gasteiger partial charge in [-0.05, 0) is 36.6 Å². The maximum atomic E-state index is 12.7. The Kier molecular flexibility index (Phi) is 5.88. The van der Waals surface area contributed by atoms with E-state index in [1.807, 2.05) is 24.3 Å². The molecular weight excluding hydrogens is 379 g/mol. The summed E-state index contributed by atoms with van der Waals surface area (Å²) in [7, 11) is 1.59. The first kappa shape index (κ1) is 19.5. The van der Waals surface area contributed by atoms with Crippen LogP contribution < -0.4 is 4.74 Å². The number of alkyl halides is 3. The Balaban J connectivity index is 1.62. The lowest BCUT2D eigenvalue weighted by molar-refractivity contribution is -0.141. The van der Waals surface area contributed by atoms with Crippen LogP contribution in [0, 0.1) is 0 Å². The fourth-order valence-corrected chi connectivity index (χ4v) is 3.23. The van der Waals surface area contributed by atoms with Crippen molar-refractivity contribution in [3.63, 3.8) is 0 Å². The van der Waals surface area contributed by atoms with Crippen LogP contribution in [-0.2, 0) is 17.5 Å². The minimum absolute atomic E-state index is 0.00599. The van der Waals surface area contributed by atoms with Gasteiger partial charge in [-0.3, -0.25) is 4.79 Å². The van der Waals surface area contributed by atoms with Gasteiger partial charge in [-0.2, -0.15) is 13.2 Å². The Bertz CT molecular complexity index is 795. The zero-order chi connectivity index (χ0) is 19.4. The molecular formula is C18H18F3N3O2S. The number of thioether (sulfide) groups is 1. The highest BCUT2D eigenvalue weighted by Gasteiger charge is 2.34. The van der Waals surface area contributed by atoms with E-state index in [-0.39, 0.29) is 22.9 Å². The van der Waals surface area contributed by atoms with Gasteiger partial charge in [0.05, 0.1) is 12.9 Å². The van der Waals surface area contributed by atoms with Gasteiger partial charge in [0.1, 0.15) is 11.4 Å². The Morgan fingerprint density at radius 3 is 2.56 bits per heavy atom. The van der Waals surface area contributed by atoms with Gasteiger partial charge < -0.3 is 9.64 Å². The lowest BCUT2D eigenvalue weighted by atomic mass is 10.2. The number of aromatic nitrogens is 2. The summed E-state index contributed by atoms with van der Waals surface area (Å²) in [5, 5.41) is -0.0571. The molecule has 0 aliphatic heterocycles. The van der Waals surface area contributed by atoms with Crippen molar-refractivity contribution in [1.82, 2.24) is 14.9 Å². The van der Waals surface area contributed by atoms with E-state index in [1.165, 1.54) is 0 Å². The summed E-state index contributed by atoms with van der Waals surface area (Å²) in [5.74, 6) is 0.591. The van der Waals surface area contributed by atoms with Gasteiger partial charge in [0, 0.05) is 18.8 Å². The molecule has 0 bridgehead atoms. The molecule has 1 aliphatic carbocycles. The minimum Gasteiger partial charge on any atom is -0.497 e. The average molecular weight is 397 g/mol. The first-order valence-electron chi connectivity index (χ1n) is 8.32. The Labute approximate surface area is 158 Å². The van der Waals surface area contributed by atoms with Crippen molar-refractivity contribution < 1.29 is 22.7 Å². The second-order valence-corrected chi connectivity index (χ2v) is 7.05. The number of halogens is 3. The fraction of sp³-hybridized carbons (Fsp3) is 0.389. The zero-order valence-electron chi connectivity index (χ0n) is 14.6. The molecule has 0 unspecified atom stereocenters. The summed E-state index contributed by atoms with van der Waals surface area (Å²) in [4.78, 5) is 21.7. The van der Waals surface area contributed by atoms with Crippen LogP contribution >= 0.6 is 11.8 Å². The molecule has 5 nitrogen and oxygen atoms in total. The maximum Gasteiger partial charge on any atom is 0.433 e. The molecule has 1 aliphatic rings. The molecule has 9 heteroatoms. The number of benzene rings is 1. The summed E-state index contributed by atoms with van der Waals surface area (Å²) < 4.78 is 43.3. The third-order valence-corrected chi connectivity index (χ3v) is 4.91. The van der Waals surface area contributed by atoms with E-state index in [0.717, 1.165) is 48.2 Å². The fourth-order valence-electron chi connectivity index (χ4n) is 2.51. The van der Waals surface area contributed by atoms with Crippen LogP contribution in [-0.4, -0.2) is 39.7 Å². The number of methoxy groups -OCH3 is 1. The molecule has 1 heterocycles. The van der Waals surface area contributed by atoms with E-state index in [1.54, 1.807) is 12.0 Å². The van der Waals surface area contributed by atoms with E-state index in [9.17, 15) is 18.0 Å². The molecule has 144 valence electrons. The third-order valence-electron chi connectivity index (χ3n) is 4.07. The standard InChI is InChI=1S/C18H18F3N3O2S/c1-26-14-6-2-12(3-7-14)10-24(13-4-5-13)16(25)11-27-17-22-9-8-15(23-17)18(19,20)21/h2-3,6-9,13H,4-5,10-11H2,1H3. The van der Waals surface area contributed by atoms with Crippen molar-refractivity contribution >= 4 is 17.7 Å². The SMILES string of the molecule is COc1ccc(CN(C(=O)CSc2nccc(C(F)(F)F)n2)C2CC2)cc1. The van der Waals surface area contributed by atoms with Crippen molar-refractivity contribution in [1.29, 1.82) is 0 Å². The lowest BCUT2D eigenvalue weighted by Crippen LogP contribution is -2.34. The number of carbonyl (C=O) groups is 1. The molecule has 0 atom stereocenters. The topological polar surface area (TPSA) is 55.3 Å². The quantitative estimate of drug-likeness (QED) is 0.526. The predicted octanol–water partition coefficient (Wildman–Crippen LogP) is 3.79. The molecule has 1 saturated carbocycles. The van der Waals surface area contributed by atoms with Crippen molar-refractivity contribution in [2.24, 2.45) is 0 Å². The van der Waals surface area contributed by atoms with Gasteiger partial charge in [-0.15, -0.1) is 0 Å². The molecule has 2 aromatic rings. The van der Waals surface area contributed by atoms with E-state index < -0.39 is 11.9 Å². The zero-order valence-corrected chi connectivity index (χ0v) is 15.4. The Morgan fingerprint density at radius 2 is 1.96 bits per heavy atom. The van der Waals surface area contributed by atoms with Crippen LogP contribution in [0.1, 0.15) is 24.1 Å². The number of carbonyl (C=O) groups excluding carboxylic acids is 1. The number of rotatable bonds is 7. The van der Waals surface area contributed by atoms with E-state index in [0.29, 0.717) is 6.54 Å². The molecule has 0 saturated heterocycles. The number of hydrogen-bond acceptors (Lipinski definition) is 5. The highest BCUT2D eigenvalue weighted by Crippen LogP contribution is 2.31.